The second kappa shape index (κ2) is 5.28. The molecule has 1 aromatic rings. The van der Waals surface area contributed by atoms with E-state index in [2.05, 4.69) is 10.00 Å². The number of likely N-dealkylation sites (tertiary alicyclic amines) is 1. The molecule has 1 aliphatic heterocycles. The molecule has 1 saturated heterocycles. The molecule has 0 bridgehead atoms. The SMILES string of the molecule is Cc1nn(C)c(Cl)c1CN1CCCC(C(=O)O)C1. The van der Waals surface area contributed by atoms with Crippen molar-refractivity contribution in [1.82, 2.24) is 14.7 Å². The van der Waals surface area contributed by atoms with E-state index in [1.165, 1.54) is 0 Å². The Bertz CT molecular complexity index is 458. The van der Waals surface area contributed by atoms with Crippen molar-refractivity contribution in [3.8, 4) is 0 Å². The fourth-order valence-electron chi connectivity index (χ4n) is 2.48. The Morgan fingerprint density at radius 1 is 1.61 bits per heavy atom. The first kappa shape index (κ1) is 13.4. The minimum Gasteiger partial charge on any atom is -0.481 e. The summed E-state index contributed by atoms with van der Waals surface area (Å²) >= 11 is 6.19. The highest BCUT2D eigenvalue weighted by Gasteiger charge is 2.26. The molecule has 0 spiro atoms. The molecule has 0 aliphatic carbocycles. The highest BCUT2D eigenvalue weighted by Crippen LogP contribution is 2.24. The van der Waals surface area contributed by atoms with Crippen molar-refractivity contribution in [2.45, 2.75) is 26.3 Å². The van der Waals surface area contributed by atoms with Crippen LogP contribution in [-0.4, -0.2) is 38.8 Å². The van der Waals surface area contributed by atoms with E-state index in [1.807, 2.05) is 14.0 Å². The number of halogens is 1. The van der Waals surface area contributed by atoms with Crippen LogP contribution >= 0.6 is 11.6 Å². The van der Waals surface area contributed by atoms with E-state index in [-0.39, 0.29) is 5.92 Å². The summed E-state index contributed by atoms with van der Waals surface area (Å²) in [6.45, 7) is 4.14. The molecule has 0 amide bonds. The van der Waals surface area contributed by atoms with Gasteiger partial charge in [-0.2, -0.15) is 5.10 Å². The number of carboxylic acids is 1. The van der Waals surface area contributed by atoms with Crippen LogP contribution in [0.4, 0.5) is 0 Å². The number of hydrogen-bond acceptors (Lipinski definition) is 3. The lowest BCUT2D eigenvalue weighted by Gasteiger charge is -2.30. The first-order valence-electron chi connectivity index (χ1n) is 6.12. The van der Waals surface area contributed by atoms with Crippen LogP contribution in [0.15, 0.2) is 0 Å². The summed E-state index contributed by atoms with van der Waals surface area (Å²) in [6, 6.07) is 0. The quantitative estimate of drug-likeness (QED) is 0.909. The Balaban J connectivity index is 2.07. The molecule has 5 nitrogen and oxygen atoms in total. The van der Waals surface area contributed by atoms with Crippen molar-refractivity contribution in [1.29, 1.82) is 0 Å². The summed E-state index contributed by atoms with van der Waals surface area (Å²) in [6.07, 6.45) is 1.69. The Kier molecular flexibility index (Phi) is 3.92. The van der Waals surface area contributed by atoms with Crippen molar-refractivity contribution in [2.75, 3.05) is 13.1 Å². The molecule has 0 aromatic carbocycles. The van der Waals surface area contributed by atoms with E-state index in [4.69, 9.17) is 16.7 Å². The van der Waals surface area contributed by atoms with Gasteiger partial charge < -0.3 is 5.11 Å². The topological polar surface area (TPSA) is 58.4 Å². The lowest BCUT2D eigenvalue weighted by Crippen LogP contribution is -2.38. The summed E-state index contributed by atoms with van der Waals surface area (Å²) < 4.78 is 1.66. The molecule has 1 atom stereocenters. The van der Waals surface area contributed by atoms with Crippen molar-refractivity contribution in [3.63, 3.8) is 0 Å². The third-order valence-corrected chi connectivity index (χ3v) is 3.98. The molecule has 0 saturated carbocycles. The molecule has 6 heteroatoms. The largest absolute Gasteiger partial charge is 0.481 e. The van der Waals surface area contributed by atoms with Crippen LogP contribution in [0.25, 0.3) is 0 Å². The molecule has 1 aromatic heterocycles. The molecular formula is C12H18ClN3O2. The Morgan fingerprint density at radius 2 is 2.33 bits per heavy atom. The maximum absolute atomic E-state index is 11.0. The highest BCUT2D eigenvalue weighted by atomic mass is 35.5. The first-order valence-corrected chi connectivity index (χ1v) is 6.50. The summed E-state index contributed by atoms with van der Waals surface area (Å²) in [5, 5.41) is 14.0. The number of nitrogens with zero attached hydrogens (tertiary/aromatic N) is 3. The number of carboxylic acid groups (broad SMARTS) is 1. The second-order valence-electron chi connectivity index (χ2n) is 4.89. The predicted molar refractivity (Wildman–Crippen MR) is 68.6 cm³/mol. The molecular weight excluding hydrogens is 254 g/mol. The van der Waals surface area contributed by atoms with Crippen LogP contribution in [0.1, 0.15) is 24.1 Å². The monoisotopic (exact) mass is 271 g/mol. The first-order chi connectivity index (χ1) is 8.49. The third-order valence-electron chi connectivity index (χ3n) is 3.51. The molecule has 100 valence electrons. The normalized spacial score (nSPS) is 21.2. The number of carbonyl (C=O) groups is 1. The van der Waals surface area contributed by atoms with E-state index in [1.54, 1.807) is 4.68 Å². The lowest BCUT2D eigenvalue weighted by atomic mass is 9.98. The van der Waals surface area contributed by atoms with Crippen LogP contribution in [0.3, 0.4) is 0 Å². The van der Waals surface area contributed by atoms with Gasteiger partial charge in [0.2, 0.25) is 0 Å². The molecule has 1 N–H and O–H groups in total. The van der Waals surface area contributed by atoms with E-state index in [0.29, 0.717) is 18.2 Å². The van der Waals surface area contributed by atoms with Crippen molar-refractivity contribution < 1.29 is 9.90 Å². The summed E-state index contributed by atoms with van der Waals surface area (Å²) in [4.78, 5) is 13.2. The van der Waals surface area contributed by atoms with Gasteiger partial charge in [0.25, 0.3) is 0 Å². The summed E-state index contributed by atoms with van der Waals surface area (Å²) in [5.74, 6) is -0.955. The number of aromatic nitrogens is 2. The Hall–Kier alpha value is -1.07. The van der Waals surface area contributed by atoms with E-state index in [9.17, 15) is 4.79 Å². The fourth-order valence-corrected chi connectivity index (χ4v) is 2.71. The number of rotatable bonds is 3. The third kappa shape index (κ3) is 2.67. The Labute approximate surface area is 111 Å². The van der Waals surface area contributed by atoms with E-state index < -0.39 is 5.97 Å². The van der Waals surface area contributed by atoms with E-state index in [0.717, 1.165) is 30.6 Å². The Morgan fingerprint density at radius 3 is 2.89 bits per heavy atom. The fraction of sp³-hybridized carbons (Fsp3) is 0.667. The van der Waals surface area contributed by atoms with Crippen LogP contribution in [-0.2, 0) is 18.4 Å². The molecule has 18 heavy (non-hydrogen) atoms. The molecule has 1 fully saturated rings. The smallest absolute Gasteiger partial charge is 0.307 e. The van der Waals surface area contributed by atoms with Crippen LogP contribution in [0, 0.1) is 12.8 Å². The summed E-state index contributed by atoms with van der Waals surface area (Å²) in [7, 11) is 1.81. The standard InChI is InChI=1S/C12H18ClN3O2/c1-8-10(11(13)15(2)14-8)7-16-5-3-4-9(6-16)12(17)18/h9H,3-7H2,1-2H3,(H,17,18). The average molecular weight is 272 g/mol. The zero-order valence-corrected chi connectivity index (χ0v) is 11.4. The van der Waals surface area contributed by atoms with Crippen molar-refractivity contribution >= 4 is 17.6 Å². The van der Waals surface area contributed by atoms with Crippen LogP contribution in [0.5, 0.6) is 0 Å². The van der Waals surface area contributed by atoms with Crippen molar-refractivity contribution in [3.05, 3.63) is 16.4 Å². The van der Waals surface area contributed by atoms with Crippen LogP contribution < -0.4 is 0 Å². The van der Waals surface area contributed by atoms with Gasteiger partial charge >= 0.3 is 5.97 Å². The average Bonchev–Trinajstić information content (AvgIpc) is 2.56. The molecule has 2 heterocycles. The zero-order chi connectivity index (χ0) is 13.3. The van der Waals surface area contributed by atoms with Gasteiger partial charge in [-0.15, -0.1) is 0 Å². The number of piperidine rings is 1. The summed E-state index contributed by atoms with van der Waals surface area (Å²) in [5.41, 5.74) is 1.92. The molecule has 1 aliphatic rings. The number of aliphatic carboxylic acids is 1. The zero-order valence-electron chi connectivity index (χ0n) is 10.7. The van der Waals surface area contributed by atoms with E-state index >= 15 is 0 Å². The van der Waals surface area contributed by atoms with Gasteiger partial charge in [0, 0.05) is 25.7 Å². The molecule has 1 unspecified atom stereocenters. The highest BCUT2D eigenvalue weighted by molar-refractivity contribution is 6.30. The second-order valence-corrected chi connectivity index (χ2v) is 5.25. The van der Waals surface area contributed by atoms with Gasteiger partial charge in [0.1, 0.15) is 5.15 Å². The van der Waals surface area contributed by atoms with Gasteiger partial charge in [-0.1, -0.05) is 11.6 Å². The van der Waals surface area contributed by atoms with Crippen LogP contribution in [0.2, 0.25) is 5.15 Å². The molecule has 0 radical (unpaired) electrons. The number of hydrogen-bond donors (Lipinski definition) is 1. The van der Waals surface area contributed by atoms with Gasteiger partial charge in [-0.05, 0) is 26.3 Å². The predicted octanol–water partition coefficient (Wildman–Crippen LogP) is 1.68. The minimum absolute atomic E-state index is 0.255. The molecule has 2 rings (SSSR count). The maximum atomic E-state index is 11.0. The van der Waals surface area contributed by atoms with Gasteiger partial charge in [0.15, 0.2) is 0 Å². The van der Waals surface area contributed by atoms with Crippen molar-refractivity contribution in [2.24, 2.45) is 13.0 Å². The van der Waals surface area contributed by atoms with Gasteiger partial charge in [-0.3, -0.25) is 14.4 Å². The lowest BCUT2D eigenvalue weighted by molar-refractivity contribution is -0.143. The maximum Gasteiger partial charge on any atom is 0.307 e. The number of aryl methyl sites for hydroxylation is 2. The van der Waals surface area contributed by atoms with Gasteiger partial charge in [-0.25, -0.2) is 0 Å². The minimum atomic E-state index is -0.700. The van der Waals surface area contributed by atoms with Gasteiger partial charge in [0.05, 0.1) is 11.6 Å².